The SMILES string of the molecule is CC(C)(C)OC(=O)N[C@@H]1CC(=O)N(c2ccc(OCc3ccccc3)cc2)C1. The molecule has 1 aliphatic rings. The molecule has 6 nitrogen and oxygen atoms in total. The van der Waals surface area contributed by atoms with Gasteiger partial charge in [-0.25, -0.2) is 4.79 Å². The van der Waals surface area contributed by atoms with E-state index in [0.717, 1.165) is 17.0 Å². The number of amides is 2. The van der Waals surface area contributed by atoms with Gasteiger partial charge in [0.1, 0.15) is 18.0 Å². The van der Waals surface area contributed by atoms with Crippen LogP contribution in [0.15, 0.2) is 54.6 Å². The average Bonchev–Trinajstić information content (AvgIpc) is 2.99. The molecule has 2 amide bonds. The van der Waals surface area contributed by atoms with Gasteiger partial charge in [-0.1, -0.05) is 30.3 Å². The number of nitrogens with zero attached hydrogens (tertiary/aromatic N) is 1. The van der Waals surface area contributed by atoms with Gasteiger partial charge in [-0.05, 0) is 50.6 Å². The second-order valence-electron chi connectivity index (χ2n) is 7.82. The summed E-state index contributed by atoms with van der Waals surface area (Å²) in [6, 6.07) is 17.1. The molecule has 1 fully saturated rings. The van der Waals surface area contributed by atoms with Crippen LogP contribution in [0, 0.1) is 0 Å². The number of rotatable bonds is 5. The van der Waals surface area contributed by atoms with Crippen LogP contribution in [0.4, 0.5) is 10.5 Å². The quantitative estimate of drug-likeness (QED) is 0.852. The lowest BCUT2D eigenvalue weighted by Crippen LogP contribution is -2.40. The Morgan fingerprint density at radius 3 is 2.43 bits per heavy atom. The van der Waals surface area contributed by atoms with Gasteiger partial charge in [-0.3, -0.25) is 4.79 Å². The van der Waals surface area contributed by atoms with Crippen molar-refractivity contribution in [3.63, 3.8) is 0 Å². The fourth-order valence-corrected chi connectivity index (χ4v) is 2.99. The molecule has 0 aromatic heterocycles. The van der Waals surface area contributed by atoms with E-state index >= 15 is 0 Å². The van der Waals surface area contributed by atoms with Gasteiger partial charge in [0, 0.05) is 18.7 Å². The van der Waals surface area contributed by atoms with Crippen molar-refractivity contribution in [1.29, 1.82) is 0 Å². The number of nitrogens with one attached hydrogen (secondary N) is 1. The Labute approximate surface area is 165 Å². The Morgan fingerprint density at radius 1 is 1.11 bits per heavy atom. The van der Waals surface area contributed by atoms with E-state index < -0.39 is 11.7 Å². The minimum absolute atomic E-state index is 0.0287. The highest BCUT2D eigenvalue weighted by atomic mass is 16.6. The molecule has 2 aromatic carbocycles. The van der Waals surface area contributed by atoms with Gasteiger partial charge >= 0.3 is 6.09 Å². The Balaban J connectivity index is 1.55. The maximum atomic E-state index is 12.4. The van der Waals surface area contributed by atoms with E-state index in [1.165, 1.54) is 0 Å². The number of benzene rings is 2. The molecule has 2 aromatic rings. The van der Waals surface area contributed by atoms with Crippen molar-refractivity contribution < 1.29 is 19.1 Å². The third kappa shape index (κ3) is 5.49. The number of hydrogen-bond donors (Lipinski definition) is 1. The van der Waals surface area contributed by atoms with Crippen molar-refractivity contribution in [2.24, 2.45) is 0 Å². The molecule has 1 aliphatic heterocycles. The zero-order valence-corrected chi connectivity index (χ0v) is 16.5. The van der Waals surface area contributed by atoms with Gasteiger partial charge in [-0.15, -0.1) is 0 Å². The summed E-state index contributed by atoms with van der Waals surface area (Å²) in [4.78, 5) is 25.9. The van der Waals surface area contributed by atoms with Crippen molar-refractivity contribution in [2.45, 2.75) is 45.4 Å². The van der Waals surface area contributed by atoms with Crippen molar-refractivity contribution in [3.05, 3.63) is 60.2 Å². The first-order valence-electron chi connectivity index (χ1n) is 9.37. The maximum Gasteiger partial charge on any atom is 0.407 e. The molecule has 3 rings (SSSR count). The van der Waals surface area contributed by atoms with Crippen LogP contribution in [-0.2, 0) is 16.1 Å². The molecule has 28 heavy (non-hydrogen) atoms. The number of carbonyl (C=O) groups excluding carboxylic acids is 2. The summed E-state index contributed by atoms with van der Waals surface area (Å²) >= 11 is 0. The summed E-state index contributed by atoms with van der Waals surface area (Å²) in [6.07, 6.45) is -0.247. The fraction of sp³-hybridized carbons (Fsp3) is 0.364. The second kappa shape index (κ2) is 8.33. The molecular formula is C22H26N2O4. The lowest BCUT2D eigenvalue weighted by Gasteiger charge is -2.22. The minimum atomic E-state index is -0.567. The highest BCUT2D eigenvalue weighted by molar-refractivity contribution is 5.96. The van der Waals surface area contributed by atoms with E-state index in [9.17, 15) is 9.59 Å². The number of alkyl carbamates (subject to hydrolysis) is 1. The molecule has 1 atom stereocenters. The van der Waals surface area contributed by atoms with Gasteiger partial charge in [0.25, 0.3) is 0 Å². The van der Waals surface area contributed by atoms with Crippen LogP contribution in [0.25, 0.3) is 0 Å². The van der Waals surface area contributed by atoms with E-state index in [-0.39, 0.29) is 18.4 Å². The average molecular weight is 382 g/mol. The predicted octanol–water partition coefficient (Wildman–Crippen LogP) is 3.90. The van der Waals surface area contributed by atoms with Crippen molar-refractivity contribution in [2.75, 3.05) is 11.4 Å². The van der Waals surface area contributed by atoms with Gasteiger partial charge in [-0.2, -0.15) is 0 Å². The molecule has 0 saturated carbocycles. The molecule has 0 bridgehead atoms. The molecule has 0 spiro atoms. The van der Waals surface area contributed by atoms with Crippen LogP contribution in [-0.4, -0.2) is 30.2 Å². The lowest BCUT2D eigenvalue weighted by atomic mass is 10.2. The van der Waals surface area contributed by atoms with Crippen molar-refractivity contribution >= 4 is 17.7 Å². The van der Waals surface area contributed by atoms with E-state index in [4.69, 9.17) is 9.47 Å². The monoisotopic (exact) mass is 382 g/mol. The zero-order valence-electron chi connectivity index (χ0n) is 16.5. The summed E-state index contributed by atoms with van der Waals surface area (Å²) in [5, 5.41) is 2.77. The Morgan fingerprint density at radius 2 is 1.79 bits per heavy atom. The molecule has 1 heterocycles. The van der Waals surface area contributed by atoms with Crippen LogP contribution in [0.1, 0.15) is 32.8 Å². The Hall–Kier alpha value is -3.02. The normalized spacial score (nSPS) is 16.8. The number of carbonyl (C=O) groups is 2. The van der Waals surface area contributed by atoms with Crippen molar-refractivity contribution in [1.82, 2.24) is 5.32 Å². The highest BCUT2D eigenvalue weighted by Gasteiger charge is 2.32. The molecule has 0 unspecified atom stereocenters. The van der Waals surface area contributed by atoms with E-state index in [0.29, 0.717) is 13.2 Å². The minimum Gasteiger partial charge on any atom is -0.489 e. The maximum absolute atomic E-state index is 12.4. The molecule has 0 radical (unpaired) electrons. The first-order chi connectivity index (χ1) is 13.3. The van der Waals surface area contributed by atoms with Crippen LogP contribution in [0.5, 0.6) is 5.75 Å². The van der Waals surface area contributed by atoms with E-state index in [1.807, 2.05) is 54.6 Å². The van der Waals surface area contributed by atoms with E-state index in [1.54, 1.807) is 25.7 Å². The number of hydrogen-bond acceptors (Lipinski definition) is 4. The summed E-state index contributed by atoms with van der Waals surface area (Å²) in [5.41, 5.74) is 1.31. The van der Waals surface area contributed by atoms with Gasteiger partial charge in [0.2, 0.25) is 5.91 Å². The number of anilines is 1. The standard InChI is InChI=1S/C22H26N2O4/c1-22(2,3)28-21(26)23-17-13-20(25)24(14-17)18-9-11-19(12-10-18)27-15-16-7-5-4-6-8-16/h4-12,17H,13-15H2,1-3H3,(H,23,26)/t17-/m1/s1. The molecule has 0 aliphatic carbocycles. The van der Waals surface area contributed by atoms with Crippen LogP contribution < -0.4 is 15.0 Å². The smallest absolute Gasteiger partial charge is 0.407 e. The summed E-state index contributed by atoms with van der Waals surface area (Å²) in [6.45, 7) is 6.33. The molecular weight excluding hydrogens is 356 g/mol. The third-order valence-corrected chi connectivity index (χ3v) is 4.24. The predicted molar refractivity (Wildman–Crippen MR) is 107 cm³/mol. The van der Waals surface area contributed by atoms with Gasteiger partial charge in [0.15, 0.2) is 0 Å². The first kappa shape index (κ1) is 19.7. The molecule has 6 heteroatoms. The van der Waals surface area contributed by atoms with Crippen LogP contribution in [0.2, 0.25) is 0 Å². The fourth-order valence-electron chi connectivity index (χ4n) is 2.99. The van der Waals surface area contributed by atoms with E-state index in [2.05, 4.69) is 5.32 Å². The van der Waals surface area contributed by atoms with Crippen LogP contribution >= 0.6 is 0 Å². The van der Waals surface area contributed by atoms with Gasteiger partial charge < -0.3 is 19.7 Å². The van der Waals surface area contributed by atoms with Gasteiger partial charge in [0.05, 0.1) is 6.04 Å². The second-order valence-corrected chi connectivity index (χ2v) is 7.82. The molecule has 1 saturated heterocycles. The zero-order chi connectivity index (χ0) is 20.1. The summed E-state index contributed by atoms with van der Waals surface area (Å²) in [5.74, 6) is 0.710. The topological polar surface area (TPSA) is 67.9 Å². The molecule has 148 valence electrons. The first-order valence-corrected chi connectivity index (χ1v) is 9.37. The number of ether oxygens (including phenoxy) is 2. The Kier molecular flexibility index (Phi) is 5.87. The Bertz CT molecular complexity index is 813. The summed E-state index contributed by atoms with van der Waals surface area (Å²) < 4.78 is 11.0. The third-order valence-electron chi connectivity index (χ3n) is 4.24. The lowest BCUT2D eigenvalue weighted by molar-refractivity contribution is -0.117. The highest BCUT2D eigenvalue weighted by Crippen LogP contribution is 2.25. The summed E-state index contributed by atoms with van der Waals surface area (Å²) in [7, 11) is 0. The van der Waals surface area contributed by atoms with Crippen LogP contribution in [0.3, 0.4) is 0 Å². The van der Waals surface area contributed by atoms with Crippen molar-refractivity contribution in [3.8, 4) is 5.75 Å². The largest absolute Gasteiger partial charge is 0.489 e. The molecule has 1 N–H and O–H groups in total.